The van der Waals surface area contributed by atoms with Gasteiger partial charge < -0.3 is 10.2 Å². The van der Waals surface area contributed by atoms with E-state index in [0.717, 1.165) is 11.3 Å². The van der Waals surface area contributed by atoms with E-state index in [9.17, 15) is 4.79 Å². The number of nitrogens with zero attached hydrogens (tertiary/aromatic N) is 3. The zero-order valence-corrected chi connectivity index (χ0v) is 14.6. The lowest BCUT2D eigenvalue weighted by molar-refractivity contribution is -0.130. The minimum atomic E-state index is -0.304. The number of aromatic nitrogens is 2. The highest BCUT2D eigenvalue weighted by Crippen LogP contribution is 2.16. The summed E-state index contributed by atoms with van der Waals surface area (Å²) in [6.07, 6.45) is 3.69. The molecule has 1 atom stereocenters. The second-order valence-corrected chi connectivity index (χ2v) is 6.89. The van der Waals surface area contributed by atoms with Gasteiger partial charge in [0.25, 0.3) is 0 Å². The molecule has 0 unspecified atom stereocenters. The minimum Gasteiger partial charge on any atom is -0.371 e. The third kappa shape index (κ3) is 4.58. The Morgan fingerprint density at radius 2 is 1.96 bits per heavy atom. The van der Waals surface area contributed by atoms with E-state index in [4.69, 9.17) is 0 Å². The molecule has 1 aromatic heterocycles. The largest absolute Gasteiger partial charge is 0.371 e. The summed E-state index contributed by atoms with van der Waals surface area (Å²) in [5, 5.41) is 7.57. The van der Waals surface area contributed by atoms with E-state index in [-0.39, 0.29) is 17.5 Å². The monoisotopic (exact) mass is 314 g/mol. The number of hydrogen-bond donors (Lipinski definition) is 1. The van der Waals surface area contributed by atoms with Crippen molar-refractivity contribution in [1.29, 1.82) is 0 Å². The number of benzene rings is 1. The van der Waals surface area contributed by atoms with E-state index in [1.165, 1.54) is 0 Å². The summed E-state index contributed by atoms with van der Waals surface area (Å²) in [7, 11) is 1.83. The van der Waals surface area contributed by atoms with Crippen molar-refractivity contribution in [1.82, 2.24) is 14.7 Å². The predicted octanol–water partition coefficient (Wildman–Crippen LogP) is 3.10. The fourth-order valence-corrected chi connectivity index (χ4v) is 2.34. The summed E-state index contributed by atoms with van der Waals surface area (Å²) >= 11 is 0. The molecule has 124 valence electrons. The Morgan fingerprint density at radius 1 is 1.30 bits per heavy atom. The molecule has 0 saturated heterocycles. The molecule has 1 heterocycles. The molecule has 23 heavy (non-hydrogen) atoms. The second kappa shape index (κ2) is 6.86. The van der Waals surface area contributed by atoms with Crippen LogP contribution < -0.4 is 5.32 Å². The Morgan fingerprint density at radius 3 is 2.52 bits per heavy atom. The first kappa shape index (κ1) is 17.1. The topological polar surface area (TPSA) is 50.2 Å². The number of amides is 1. The highest BCUT2D eigenvalue weighted by Gasteiger charge is 2.19. The van der Waals surface area contributed by atoms with Crippen molar-refractivity contribution in [2.75, 3.05) is 12.4 Å². The predicted molar refractivity (Wildman–Crippen MR) is 93.2 cm³/mol. The van der Waals surface area contributed by atoms with Gasteiger partial charge in [0.1, 0.15) is 6.04 Å². The van der Waals surface area contributed by atoms with Gasteiger partial charge in [-0.3, -0.25) is 9.48 Å². The average molecular weight is 314 g/mol. The fraction of sp³-hybridized carbons (Fsp3) is 0.444. The summed E-state index contributed by atoms with van der Waals surface area (Å²) in [6, 6.07) is 9.68. The number of nitrogens with one attached hydrogen (secondary N) is 1. The summed E-state index contributed by atoms with van der Waals surface area (Å²) in [4.78, 5) is 14.2. The molecule has 0 spiro atoms. The smallest absolute Gasteiger partial charge is 0.244 e. The molecular weight excluding hydrogens is 288 g/mol. The van der Waals surface area contributed by atoms with Crippen LogP contribution in [-0.4, -0.2) is 33.7 Å². The Hall–Kier alpha value is -2.30. The zero-order valence-electron chi connectivity index (χ0n) is 14.6. The van der Waals surface area contributed by atoms with Gasteiger partial charge in [-0.1, -0.05) is 30.3 Å². The summed E-state index contributed by atoms with van der Waals surface area (Å²) in [5.41, 5.74) is 1.90. The first-order chi connectivity index (χ1) is 10.8. The third-order valence-electron chi connectivity index (χ3n) is 3.66. The van der Waals surface area contributed by atoms with E-state index >= 15 is 0 Å². The summed E-state index contributed by atoms with van der Waals surface area (Å²) in [6.45, 7) is 8.75. The normalized spacial score (nSPS) is 12.7. The SMILES string of the molecule is C[C@@H](Nc1cnn(C(C)(C)C)c1)C(=O)N(C)Cc1ccccc1. The molecule has 0 saturated carbocycles. The number of likely N-dealkylation sites (N-methyl/N-ethyl adjacent to an activating group) is 1. The Kier molecular flexibility index (Phi) is 5.08. The average Bonchev–Trinajstić information content (AvgIpc) is 2.96. The Labute approximate surface area is 138 Å². The van der Waals surface area contributed by atoms with Crippen molar-refractivity contribution >= 4 is 11.6 Å². The first-order valence-corrected chi connectivity index (χ1v) is 7.88. The Bertz CT molecular complexity index is 643. The number of carbonyl (C=O) groups is 1. The second-order valence-electron chi connectivity index (χ2n) is 6.89. The molecule has 5 heteroatoms. The molecule has 2 aromatic rings. The lowest BCUT2D eigenvalue weighted by atomic mass is 10.1. The molecule has 0 aliphatic heterocycles. The lowest BCUT2D eigenvalue weighted by Gasteiger charge is -2.22. The van der Waals surface area contributed by atoms with Gasteiger partial charge in [-0.15, -0.1) is 0 Å². The van der Waals surface area contributed by atoms with Crippen molar-refractivity contribution in [3.8, 4) is 0 Å². The number of hydrogen-bond acceptors (Lipinski definition) is 3. The van der Waals surface area contributed by atoms with Crippen molar-refractivity contribution in [2.45, 2.75) is 45.8 Å². The maximum Gasteiger partial charge on any atom is 0.244 e. The highest BCUT2D eigenvalue weighted by molar-refractivity contribution is 5.83. The van der Waals surface area contributed by atoms with E-state index in [0.29, 0.717) is 6.54 Å². The molecule has 2 rings (SSSR count). The van der Waals surface area contributed by atoms with Crippen LogP contribution in [0.4, 0.5) is 5.69 Å². The van der Waals surface area contributed by atoms with Crippen LogP contribution in [0, 0.1) is 0 Å². The van der Waals surface area contributed by atoms with Gasteiger partial charge in [0.2, 0.25) is 5.91 Å². The molecule has 0 radical (unpaired) electrons. The van der Waals surface area contributed by atoms with Crippen molar-refractivity contribution in [3.63, 3.8) is 0 Å². The first-order valence-electron chi connectivity index (χ1n) is 7.88. The van der Waals surface area contributed by atoms with Gasteiger partial charge in [-0.2, -0.15) is 5.10 Å². The molecule has 0 aliphatic rings. The van der Waals surface area contributed by atoms with Gasteiger partial charge in [0.05, 0.1) is 17.4 Å². The van der Waals surface area contributed by atoms with E-state index in [2.05, 4.69) is 31.2 Å². The van der Waals surface area contributed by atoms with Crippen molar-refractivity contribution in [2.24, 2.45) is 0 Å². The van der Waals surface area contributed by atoms with E-state index in [1.54, 1.807) is 11.1 Å². The Balaban J connectivity index is 1.95. The molecule has 0 fully saturated rings. The standard InChI is InChI=1S/C18H26N4O/c1-14(20-16-11-19-22(13-16)18(2,3)4)17(23)21(5)12-15-9-7-6-8-10-15/h6-11,13-14,20H,12H2,1-5H3/t14-/m1/s1. The van der Waals surface area contributed by atoms with Gasteiger partial charge in [0.15, 0.2) is 0 Å². The van der Waals surface area contributed by atoms with Gasteiger partial charge in [0, 0.05) is 19.8 Å². The van der Waals surface area contributed by atoms with E-state index < -0.39 is 0 Å². The maximum atomic E-state index is 12.5. The van der Waals surface area contributed by atoms with Crippen molar-refractivity contribution < 1.29 is 4.79 Å². The molecule has 5 nitrogen and oxygen atoms in total. The van der Waals surface area contributed by atoms with Crippen LogP contribution in [0.2, 0.25) is 0 Å². The van der Waals surface area contributed by atoms with Gasteiger partial charge in [-0.25, -0.2) is 0 Å². The number of carbonyl (C=O) groups excluding carboxylic acids is 1. The molecular formula is C18H26N4O. The van der Waals surface area contributed by atoms with Crippen LogP contribution in [-0.2, 0) is 16.9 Å². The van der Waals surface area contributed by atoms with Crippen LogP contribution in [0.1, 0.15) is 33.3 Å². The lowest BCUT2D eigenvalue weighted by Crippen LogP contribution is -2.38. The van der Waals surface area contributed by atoms with Crippen LogP contribution in [0.5, 0.6) is 0 Å². The number of anilines is 1. The quantitative estimate of drug-likeness (QED) is 0.922. The molecule has 1 amide bonds. The zero-order chi connectivity index (χ0) is 17.0. The van der Waals surface area contributed by atoms with Gasteiger partial charge in [-0.05, 0) is 33.3 Å². The summed E-state index contributed by atoms with van der Waals surface area (Å²) < 4.78 is 1.89. The van der Waals surface area contributed by atoms with Crippen LogP contribution >= 0.6 is 0 Å². The van der Waals surface area contributed by atoms with Crippen LogP contribution in [0.15, 0.2) is 42.7 Å². The number of rotatable bonds is 5. The van der Waals surface area contributed by atoms with Crippen LogP contribution in [0.25, 0.3) is 0 Å². The minimum absolute atomic E-state index is 0.0531. The van der Waals surface area contributed by atoms with Gasteiger partial charge >= 0.3 is 0 Å². The fourth-order valence-electron chi connectivity index (χ4n) is 2.34. The molecule has 0 aliphatic carbocycles. The maximum absolute atomic E-state index is 12.5. The highest BCUT2D eigenvalue weighted by atomic mass is 16.2. The van der Waals surface area contributed by atoms with Crippen LogP contribution in [0.3, 0.4) is 0 Å². The van der Waals surface area contributed by atoms with E-state index in [1.807, 2.05) is 55.2 Å². The molecule has 1 N–H and O–H groups in total. The third-order valence-corrected chi connectivity index (χ3v) is 3.66. The molecule has 0 bridgehead atoms. The molecule has 1 aromatic carbocycles. The van der Waals surface area contributed by atoms with Crippen molar-refractivity contribution in [3.05, 3.63) is 48.3 Å². The summed E-state index contributed by atoms with van der Waals surface area (Å²) in [5.74, 6) is 0.0531.